The molecule has 0 aromatic heterocycles. The van der Waals surface area contributed by atoms with Crippen molar-refractivity contribution in [3.8, 4) is 0 Å². The predicted molar refractivity (Wildman–Crippen MR) is 49.1 cm³/mol. The summed E-state index contributed by atoms with van der Waals surface area (Å²) in [5, 5.41) is 2.91. The van der Waals surface area contributed by atoms with Crippen molar-refractivity contribution in [1.82, 2.24) is 5.32 Å². The van der Waals surface area contributed by atoms with Crippen LogP contribution < -0.4 is 5.32 Å². The third-order valence-electron chi connectivity index (χ3n) is 1.08. The third-order valence-corrected chi connectivity index (χ3v) is 2.29. The highest BCUT2D eigenvalue weighted by molar-refractivity contribution is 7.80. The summed E-state index contributed by atoms with van der Waals surface area (Å²) in [5.41, 5.74) is 0. The lowest BCUT2D eigenvalue weighted by Gasteiger charge is -2.06. The Hall–Kier alpha value is -0.160. The first-order valence-electron chi connectivity index (χ1n) is 3.32. The molecule has 0 amide bonds. The van der Waals surface area contributed by atoms with Gasteiger partial charge in [0.05, 0.1) is 13.3 Å². The summed E-state index contributed by atoms with van der Waals surface area (Å²) in [6.45, 7) is 0.414. The van der Waals surface area contributed by atoms with Crippen molar-refractivity contribution in [3.63, 3.8) is 0 Å². The fraction of sp³-hybridized carbons (Fsp3) is 0.800. The molecule has 5 nitrogen and oxygen atoms in total. The van der Waals surface area contributed by atoms with E-state index in [2.05, 4.69) is 22.3 Å². The minimum absolute atomic E-state index is 0.133. The van der Waals surface area contributed by atoms with Crippen LogP contribution in [0.15, 0.2) is 0 Å². The molecule has 0 fully saturated rings. The van der Waals surface area contributed by atoms with Crippen molar-refractivity contribution in [3.05, 3.63) is 0 Å². The van der Waals surface area contributed by atoms with E-state index >= 15 is 0 Å². The third kappa shape index (κ3) is 7.94. The van der Waals surface area contributed by atoms with Crippen LogP contribution in [0.2, 0.25) is 0 Å². The number of hydrogen-bond acceptors (Lipinski definition) is 3. The molecule has 0 aliphatic rings. The number of thiocarbonyl (C=S) groups is 1. The maximum Gasteiger partial charge on any atom is 0.325 e. The Morgan fingerprint density at radius 1 is 1.67 bits per heavy atom. The highest BCUT2D eigenvalue weighted by Gasteiger charge is 2.11. The van der Waals surface area contributed by atoms with Gasteiger partial charge in [-0.25, -0.2) is 0 Å². The first kappa shape index (κ1) is 11.8. The fourth-order valence-electron chi connectivity index (χ4n) is 0.548. The van der Waals surface area contributed by atoms with Crippen molar-refractivity contribution in [2.45, 2.75) is 6.42 Å². The monoisotopic (exact) mass is 213 g/mol. The standard InChI is InChI=1S/C5H12NO4PS/c1-10-5(12)6-3-2-4-11(7,8)9/h2-4H2,1H3,(H,6,12)(H2,7,8,9). The van der Waals surface area contributed by atoms with Crippen LogP contribution in [0.1, 0.15) is 6.42 Å². The van der Waals surface area contributed by atoms with E-state index in [0.29, 0.717) is 13.0 Å². The quantitative estimate of drug-likeness (QED) is 0.348. The van der Waals surface area contributed by atoms with Crippen LogP contribution in [0.3, 0.4) is 0 Å². The number of methoxy groups -OCH3 is 1. The second kappa shape index (κ2) is 5.48. The lowest BCUT2D eigenvalue weighted by atomic mass is 10.5. The van der Waals surface area contributed by atoms with Gasteiger partial charge in [-0.05, 0) is 18.6 Å². The highest BCUT2D eigenvalue weighted by atomic mass is 32.1. The number of ether oxygens (including phenoxy) is 1. The van der Waals surface area contributed by atoms with Crippen LogP contribution in [0.4, 0.5) is 0 Å². The molecule has 0 aliphatic carbocycles. The normalized spacial score (nSPS) is 10.9. The molecule has 0 spiro atoms. The molecule has 0 radical (unpaired) electrons. The maximum absolute atomic E-state index is 10.3. The van der Waals surface area contributed by atoms with E-state index in [0.717, 1.165) is 0 Å². The minimum Gasteiger partial charge on any atom is -0.474 e. The van der Waals surface area contributed by atoms with E-state index in [4.69, 9.17) is 9.79 Å². The first-order valence-corrected chi connectivity index (χ1v) is 5.52. The van der Waals surface area contributed by atoms with Gasteiger partial charge >= 0.3 is 7.60 Å². The van der Waals surface area contributed by atoms with Crippen LogP contribution >= 0.6 is 19.8 Å². The van der Waals surface area contributed by atoms with E-state index < -0.39 is 7.60 Å². The molecule has 0 saturated carbocycles. The lowest BCUT2D eigenvalue weighted by molar-refractivity contribution is 0.369. The maximum atomic E-state index is 10.3. The molecule has 0 unspecified atom stereocenters. The Labute approximate surface area is 76.3 Å². The molecule has 0 atom stereocenters. The van der Waals surface area contributed by atoms with Crippen LogP contribution in [-0.4, -0.2) is 34.8 Å². The molecule has 0 heterocycles. The first-order chi connectivity index (χ1) is 5.45. The Balaban J connectivity index is 3.34. The Bertz CT molecular complexity index is 192. The summed E-state index contributed by atoms with van der Waals surface area (Å²) < 4.78 is 15.0. The zero-order valence-corrected chi connectivity index (χ0v) is 8.40. The molecule has 3 N–H and O–H groups in total. The Kier molecular flexibility index (Phi) is 5.41. The van der Waals surface area contributed by atoms with Gasteiger partial charge in [-0.3, -0.25) is 4.57 Å². The zero-order chi connectivity index (χ0) is 9.61. The second-order valence-electron chi connectivity index (χ2n) is 2.16. The second-order valence-corrected chi connectivity index (χ2v) is 4.31. The van der Waals surface area contributed by atoms with Crippen LogP contribution in [-0.2, 0) is 9.30 Å². The number of nitrogens with one attached hydrogen (secondary N) is 1. The van der Waals surface area contributed by atoms with Gasteiger partial charge < -0.3 is 19.8 Å². The largest absolute Gasteiger partial charge is 0.474 e. The molecule has 7 heteroatoms. The fourth-order valence-corrected chi connectivity index (χ4v) is 1.22. The van der Waals surface area contributed by atoms with Crippen molar-refractivity contribution in [2.75, 3.05) is 19.8 Å². The van der Waals surface area contributed by atoms with Crippen LogP contribution in [0, 0.1) is 0 Å². The smallest absolute Gasteiger partial charge is 0.325 e. The molecule has 72 valence electrons. The summed E-state index contributed by atoms with van der Waals surface area (Å²) in [4.78, 5) is 16.9. The number of rotatable bonds is 4. The summed E-state index contributed by atoms with van der Waals surface area (Å²) in [5.74, 6) is 0. The summed E-state index contributed by atoms with van der Waals surface area (Å²) >= 11 is 4.63. The predicted octanol–water partition coefficient (Wildman–Crippen LogP) is 0.0751. The van der Waals surface area contributed by atoms with Crippen molar-refractivity contribution >= 4 is 25.0 Å². The average Bonchev–Trinajstić information content (AvgIpc) is 1.96. The van der Waals surface area contributed by atoms with Crippen LogP contribution in [0.5, 0.6) is 0 Å². The van der Waals surface area contributed by atoms with Gasteiger partial charge in [0.15, 0.2) is 0 Å². The van der Waals surface area contributed by atoms with Gasteiger partial charge in [-0.1, -0.05) is 0 Å². The molecule has 0 bridgehead atoms. The van der Waals surface area contributed by atoms with E-state index in [1.54, 1.807) is 0 Å². The van der Waals surface area contributed by atoms with Gasteiger partial charge in [0.2, 0.25) is 0 Å². The topological polar surface area (TPSA) is 78.8 Å². The zero-order valence-electron chi connectivity index (χ0n) is 6.69. The van der Waals surface area contributed by atoms with Crippen LogP contribution in [0.25, 0.3) is 0 Å². The molecule has 0 aromatic rings. The van der Waals surface area contributed by atoms with E-state index in [1.807, 2.05) is 0 Å². The molecule has 0 rings (SSSR count). The number of hydrogen-bond donors (Lipinski definition) is 3. The van der Waals surface area contributed by atoms with Gasteiger partial charge in [0.1, 0.15) is 0 Å². The Morgan fingerprint density at radius 2 is 2.25 bits per heavy atom. The van der Waals surface area contributed by atoms with E-state index in [-0.39, 0.29) is 11.3 Å². The lowest BCUT2D eigenvalue weighted by Crippen LogP contribution is -2.24. The van der Waals surface area contributed by atoms with Gasteiger partial charge in [-0.2, -0.15) is 0 Å². The summed E-state index contributed by atoms with van der Waals surface area (Å²) in [7, 11) is -2.43. The summed E-state index contributed by atoms with van der Waals surface area (Å²) in [6, 6.07) is 0. The molecular weight excluding hydrogens is 201 g/mol. The van der Waals surface area contributed by atoms with E-state index in [1.165, 1.54) is 7.11 Å². The molecular formula is C5H12NO4PS. The summed E-state index contributed by atoms with van der Waals surface area (Å²) in [6.07, 6.45) is 0.236. The molecule has 0 aromatic carbocycles. The molecule has 12 heavy (non-hydrogen) atoms. The van der Waals surface area contributed by atoms with Gasteiger partial charge in [-0.15, -0.1) is 0 Å². The van der Waals surface area contributed by atoms with E-state index in [9.17, 15) is 4.57 Å². The van der Waals surface area contributed by atoms with Crippen molar-refractivity contribution in [2.24, 2.45) is 0 Å². The molecule has 0 aliphatic heterocycles. The molecule has 0 saturated heterocycles. The SMILES string of the molecule is COC(=S)NCCCP(=O)(O)O. The Morgan fingerprint density at radius 3 is 2.67 bits per heavy atom. The van der Waals surface area contributed by atoms with Gasteiger partial charge in [0, 0.05) is 6.54 Å². The highest BCUT2D eigenvalue weighted by Crippen LogP contribution is 2.34. The van der Waals surface area contributed by atoms with Crippen molar-refractivity contribution < 1.29 is 19.1 Å². The average molecular weight is 213 g/mol. The minimum atomic E-state index is -3.86. The van der Waals surface area contributed by atoms with Gasteiger partial charge in [0.25, 0.3) is 5.17 Å². The van der Waals surface area contributed by atoms with Crippen molar-refractivity contribution in [1.29, 1.82) is 0 Å².